The second kappa shape index (κ2) is 9.32. The predicted molar refractivity (Wildman–Crippen MR) is 113 cm³/mol. The molecule has 29 heavy (non-hydrogen) atoms. The molecule has 1 heterocycles. The fraction of sp³-hybridized carbons (Fsp3) is 0.292. The Kier molecular flexibility index (Phi) is 6.60. The maximum atomic E-state index is 12.0. The van der Waals surface area contributed by atoms with Crippen LogP contribution >= 0.6 is 0 Å². The van der Waals surface area contributed by atoms with Gasteiger partial charge >= 0.3 is 5.97 Å². The summed E-state index contributed by atoms with van der Waals surface area (Å²) in [4.78, 5) is 12.0. The number of hydrogen-bond acceptors (Lipinski definition) is 4. The number of hydrogen-bond donors (Lipinski definition) is 2. The summed E-state index contributed by atoms with van der Waals surface area (Å²) in [5.74, 6) is 0.654. The molecule has 1 aliphatic rings. The Bertz CT molecular complexity index is 848. The molecule has 5 nitrogen and oxygen atoms in total. The van der Waals surface area contributed by atoms with E-state index in [9.17, 15) is 9.90 Å². The lowest BCUT2D eigenvalue weighted by molar-refractivity contribution is -0.133. The highest BCUT2D eigenvalue weighted by Gasteiger charge is 2.31. The minimum atomic E-state index is -0.876. The topological polar surface area (TPSA) is 67.8 Å². The van der Waals surface area contributed by atoms with Gasteiger partial charge in [0.15, 0.2) is 0 Å². The molecule has 2 aromatic carbocycles. The van der Waals surface area contributed by atoms with Gasteiger partial charge < -0.3 is 19.9 Å². The molecule has 0 radical (unpaired) electrons. The van der Waals surface area contributed by atoms with E-state index in [2.05, 4.69) is 5.32 Å². The molecule has 1 atom stereocenters. The van der Waals surface area contributed by atoms with Crippen LogP contribution in [0, 0.1) is 11.8 Å². The van der Waals surface area contributed by atoms with Crippen molar-refractivity contribution in [3.05, 3.63) is 83.2 Å². The van der Waals surface area contributed by atoms with E-state index in [0.29, 0.717) is 11.3 Å². The number of rotatable bonds is 8. The summed E-state index contributed by atoms with van der Waals surface area (Å²) in [6.07, 6.45) is 5.33. The zero-order chi connectivity index (χ0) is 20.8. The molecule has 0 fully saturated rings. The summed E-state index contributed by atoms with van der Waals surface area (Å²) < 4.78 is 10.5. The molecule has 0 saturated heterocycles. The van der Waals surface area contributed by atoms with Crippen LogP contribution in [0.25, 0.3) is 0 Å². The van der Waals surface area contributed by atoms with Gasteiger partial charge in [0.25, 0.3) is 0 Å². The number of ether oxygens (including phenoxy) is 2. The normalized spacial score (nSPS) is 15.9. The molecule has 0 saturated carbocycles. The standard InChI is InChI=1S/C24H27NO4/c1-16-23(24(26)27)22(12-13-25-16)19(14-17-4-8-20(28-2)9-5-17)15-18-6-10-21(29-3)11-7-18/h4-13,19,22,25H,14-15H2,1-3H3,(H,26,27). The summed E-state index contributed by atoms with van der Waals surface area (Å²) in [5.41, 5.74) is 3.43. The number of methoxy groups -OCH3 is 2. The van der Waals surface area contributed by atoms with E-state index in [-0.39, 0.29) is 11.8 Å². The Morgan fingerprint density at radius 3 is 1.86 bits per heavy atom. The summed E-state index contributed by atoms with van der Waals surface area (Å²) in [7, 11) is 3.29. The molecule has 3 rings (SSSR count). The van der Waals surface area contributed by atoms with Crippen molar-refractivity contribution in [1.29, 1.82) is 0 Å². The summed E-state index contributed by atoms with van der Waals surface area (Å²) in [6.45, 7) is 1.82. The Balaban J connectivity index is 1.91. The molecule has 0 bridgehead atoms. The van der Waals surface area contributed by atoms with Crippen molar-refractivity contribution in [2.75, 3.05) is 14.2 Å². The highest BCUT2D eigenvalue weighted by Crippen LogP contribution is 2.33. The number of allylic oxidation sites excluding steroid dienone is 2. The van der Waals surface area contributed by atoms with Crippen molar-refractivity contribution in [3.8, 4) is 11.5 Å². The molecule has 2 N–H and O–H groups in total. The maximum absolute atomic E-state index is 12.0. The monoisotopic (exact) mass is 393 g/mol. The van der Waals surface area contributed by atoms with Crippen molar-refractivity contribution >= 4 is 5.97 Å². The van der Waals surface area contributed by atoms with Gasteiger partial charge in [-0.25, -0.2) is 4.79 Å². The number of carboxylic acids is 1. The van der Waals surface area contributed by atoms with Crippen LogP contribution in [0.2, 0.25) is 0 Å². The van der Waals surface area contributed by atoms with Crippen LogP contribution in [-0.2, 0) is 17.6 Å². The third kappa shape index (κ3) is 4.99. The summed E-state index contributed by atoms with van der Waals surface area (Å²) in [6, 6.07) is 15.9. The lowest BCUT2D eigenvalue weighted by Crippen LogP contribution is -2.29. The number of benzene rings is 2. The van der Waals surface area contributed by atoms with Crippen LogP contribution in [0.5, 0.6) is 11.5 Å². The zero-order valence-electron chi connectivity index (χ0n) is 17.0. The summed E-state index contributed by atoms with van der Waals surface area (Å²) in [5, 5.41) is 12.9. The van der Waals surface area contributed by atoms with E-state index in [0.717, 1.165) is 35.5 Å². The molecule has 2 aromatic rings. The minimum absolute atomic E-state index is 0.0937. The summed E-state index contributed by atoms with van der Waals surface area (Å²) >= 11 is 0. The van der Waals surface area contributed by atoms with Gasteiger partial charge in [-0.3, -0.25) is 0 Å². The predicted octanol–water partition coefficient (Wildman–Crippen LogP) is 4.20. The third-order valence-corrected chi connectivity index (χ3v) is 5.39. The van der Waals surface area contributed by atoms with Crippen molar-refractivity contribution < 1.29 is 19.4 Å². The van der Waals surface area contributed by atoms with E-state index >= 15 is 0 Å². The minimum Gasteiger partial charge on any atom is -0.497 e. The van der Waals surface area contributed by atoms with E-state index in [4.69, 9.17) is 9.47 Å². The molecular weight excluding hydrogens is 366 g/mol. The highest BCUT2D eigenvalue weighted by atomic mass is 16.5. The molecule has 5 heteroatoms. The lowest BCUT2D eigenvalue weighted by Gasteiger charge is -2.29. The van der Waals surface area contributed by atoms with Gasteiger partial charge in [0.2, 0.25) is 0 Å². The molecule has 0 amide bonds. The average molecular weight is 393 g/mol. The molecule has 0 aromatic heterocycles. The fourth-order valence-corrected chi connectivity index (χ4v) is 3.85. The van der Waals surface area contributed by atoms with Gasteiger partial charge in [-0.1, -0.05) is 30.3 Å². The maximum Gasteiger partial charge on any atom is 0.333 e. The average Bonchev–Trinajstić information content (AvgIpc) is 2.74. The first-order valence-corrected chi connectivity index (χ1v) is 9.65. The van der Waals surface area contributed by atoms with Crippen LogP contribution in [0.4, 0.5) is 0 Å². The largest absolute Gasteiger partial charge is 0.497 e. The Morgan fingerprint density at radius 1 is 0.966 bits per heavy atom. The van der Waals surface area contributed by atoms with Gasteiger partial charge in [-0.2, -0.15) is 0 Å². The SMILES string of the molecule is COc1ccc(CC(Cc2ccc(OC)cc2)C2C=CNC(C)=C2C(=O)O)cc1. The number of aliphatic carboxylic acids is 1. The van der Waals surface area contributed by atoms with Crippen LogP contribution in [-0.4, -0.2) is 25.3 Å². The number of carboxylic acid groups (broad SMARTS) is 1. The van der Waals surface area contributed by atoms with Gasteiger partial charge in [0, 0.05) is 11.6 Å². The van der Waals surface area contributed by atoms with Gasteiger partial charge in [0.05, 0.1) is 19.8 Å². The second-order valence-corrected chi connectivity index (χ2v) is 7.24. The molecule has 1 aliphatic heterocycles. The van der Waals surface area contributed by atoms with E-state index < -0.39 is 5.97 Å². The van der Waals surface area contributed by atoms with Crippen LogP contribution < -0.4 is 14.8 Å². The fourth-order valence-electron chi connectivity index (χ4n) is 3.85. The first-order chi connectivity index (χ1) is 14.0. The first-order valence-electron chi connectivity index (χ1n) is 9.65. The number of dihydropyridines is 1. The van der Waals surface area contributed by atoms with Crippen LogP contribution in [0.1, 0.15) is 18.1 Å². The number of carbonyl (C=O) groups is 1. The third-order valence-electron chi connectivity index (χ3n) is 5.39. The molecular formula is C24H27NO4. The number of nitrogens with one attached hydrogen (secondary N) is 1. The molecule has 0 aliphatic carbocycles. The van der Waals surface area contributed by atoms with Crippen LogP contribution in [0.15, 0.2) is 72.1 Å². The van der Waals surface area contributed by atoms with Crippen molar-refractivity contribution in [2.24, 2.45) is 11.8 Å². The van der Waals surface area contributed by atoms with Gasteiger partial charge in [-0.05, 0) is 67.3 Å². The Labute approximate surface area is 171 Å². The highest BCUT2D eigenvalue weighted by molar-refractivity contribution is 5.88. The quantitative estimate of drug-likeness (QED) is 0.704. The second-order valence-electron chi connectivity index (χ2n) is 7.24. The molecule has 152 valence electrons. The zero-order valence-corrected chi connectivity index (χ0v) is 17.0. The van der Waals surface area contributed by atoms with E-state index in [1.807, 2.05) is 67.7 Å². The molecule has 1 unspecified atom stereocenters. The van der Waals surface area contributed by atoms with Gasteiger partial charge in [-0.15, -0.1) is 0 Å². The van der Waals surface area contributed by atoms with Crippen molar-refractivity contribution in [3.63, 3.8) is 0 Å². The van der Waals surface area contributed by atoms with Crippen molar-refractivity contribution in [1.82, 2.24) is 5.32 Å². The molecule has 0 spiro atoms. The van der Waals surface area contributed by atoms with E-state index in [1.165, 1.54) is 0 Å². The Morgan fingerprint density at radius 2 is 1.45 bits per heavy atom. The van der Waals surface area contributed by atoms with Crippen molar-refractivity contribution in [2.45, 2.75) is 19.8 Å². The smallest absolute Gasteiger partial charge is 0.333 e. The Hall–Kier alpha value is -3.21. The van der Waals surface area contributed by atoms with Crippen LogP contribution in [0.3, 0.4) is 0 Å². The lowest BCUT2D eigenvalue weighted by atomic mass is 9.77. The first kappa shape index (κ1) is 20.5. The van der Waals surface area contributed by atoms with E-state index in [1.54, 1.807) is 14.2 Å². The van der Waals surface area contributed by atoms with Gasteiger partial charge in [0.1, 0.15) is 11.5 Å².